The Kier molecular flexibility index (Phi) is 7.05. The van der Waals surface area contributed by atoms with E-state index in [0.29, 0.717) is 11.6 Å². The Morgan fingerprint density at radius 1 is 0.600 bits per heavy atom. The van der Waals surface area contributed by atoms with E-state index in [4.69, 9.17) is 19.7 Å². The van der Waals surface area contributed by atoms with Gasteiger partial charge in [-0.1, -0.05) is 140 Å². The second-order valence-corrected chi connectivity index (χ2v) is 14.5. The van der Waals surface area contributed by atoms with Crippen LogP contribution in [0.15, 0.2) is 163 Å². The molecule has 1 aliphatic heterocycles. The van der Waals surface area contributed by atoms with Crippen LogP contribution in [0.1, 0.15) is 41.1 Å². The highest BCUT2D eigenvalue weighted by atomic mass is 32.1. The molecule has 4 aromatic carbocycles. The molecule has 0 bridgehead atoms. The van der Waals surface area contributed by atoms with Crippen LogP contribution in [0.25, 0.3) is 42.9 Å². The van der Waals surface area contributed by atoms with Crippen LogP contribution in [0.5, 0.6) is 5.75 Å². The van der Waals surface area contributed by atoms with Crippen LogP contribution in [0.2, 0.25) is 0 Å². The first kappa shape index (κ1) is 29.3. The van der Waals surface area contributed by atoms with Gasteiger partial charge in [-0.05, 0) is 35.8 Å². The molecular formula is C45H33N3OS. The number of hydrogen-bond donors (Lipinski definition) is 0. The number of aromatic nitrogens is 3. The Morgan fingerprint density at radius 2 is 1.38 bits per heavy atom. The summed E-state index contributed by atoms with van der Waals surface area (Å²) in [5, 5.41) is 2.59. The fraction of sp³-hybridized carbons (Fsp3) is 0.133. The lowest BCUT2D eigenvalue weighted by molar-refractivity contribution is 0.241. The highest BCUT2D eigenvalue weighted by Gasteiger charge is 2.40. The number of ether oxygens (including phenoxy) is 1. The first-order valence-electron chi connectivity index (χ1n) is 17.4. The van der Waals surface area contributed by atoms with Crippen LogP contribution in [-0.2, 0) is 0 Å². The van der Waals surface area contributed by atoms with Crippen molar-refractivity contribution in [3.8, 4) is 28.5 Å². The zero-order valence-electron chi connectivity index (χ0n) is 27.3. The van der Waals surface area contributed by atoms with Gasteiger partial charge < -0.3 is 4.74 Å². The van der Waals surface area contributed by atoms with Crippen molar-refractivity contribution in [1.82, 2.24) is 15.0 Å². The molecule has 0 saturated carbocycles. The lowest BCUT2D eigenvalue weighted by Gasteiger charge is -2.33. The average molecular weight is 664 g/mol. The smallest absolute Gasteiger partial charge is 0.163 e. The number of benzene rings is 4. The van der Waals surface area contributed by atoms with Gasteiger partial charge in [0.05, 0.1) is 0 Å². The van der Waals surface area contributed by atoms with Crippen LogP contribution in [0.4, 0.5) is 0 Å². The van der Waals surface area contributed by atoms with E-state index in [1.807, 2.05) is 29.5 Å². The van der Waals surface area contributed by atoms with E-state index in [1.165, 1.54) is 36.9 Å². The Hall–Kier alpha value is -5.65. The molecule has 50 heavy (non-hydrogen) atoms. The highest BCUT2D eigenvalue weighted by Crippen LogP contribution is 2.50. The Bertz CT molecular complexity index is 2480. The second-order valence-electron chi connectivity index (χ2n) is 13.4. The van der Waals surface area contributed by atoms with Crippen molar-refractivity contribution in [2.45, 2.75) is 30.3 Å². The van der Waals surface area contributed by atoms with Crippen molar-refractivity contribution in [3.63, 3.8) is 0 Å². The van der Waals surface area contributed by atoms with Crippen molar-refractivity contribution in [2.75, 3.05) is 0 Å². The minimum absolute atomic E-state index is 0.00758. The largest absolute Gasteiger partial charge is 0.485 e. The standard InChI is InChI=1S/C45H33N3OS/c1-3-13-28(14-4-1)43-46-44(29-15-5-2-6-16-29)48-45(47-43)30-25-26-37-40(27-30)50-39-24-12-20-34(41(37)39)31-17-7-8-18-32(31)35-21-11-22-36-33-19-9-10-23-38(33)49-42(35)36/h1-15,17-27,29,31-32,36,42H,16H2. The second kappa shape index (κ2) is 12.0. The third kappa shape index (κ3) is 4.92. The molecule has 0 radical (unpaired) electrons. The number of allylic oxidation sites excluding steroid dienone is 10. The van der Waals surface area contributed by atoms with Gasteiger partial charge in [0.25, 0.3) is 0 Å². The van der Waals surface area contributed by atoms with Crippen LogP contribution < -0.4 is 4.74 Å². The minimum atomic E-state index is 0.00758. The van der Waals surface area contributed by atoms with Crippen LogP contribution in [-0.4, -0.2) is 21.1 Å². The van der Waals surface area contributed by atoms with E-state index in [0.717, 1.165) is 29.1 Å². The van der Waals surface area contributed by atoms with Crippen molar-refractivity contribution in [3.05, 3.63) is 180 Å². The van der Waals surface area contributed by atoms with Crippen molar-refractivity contribution in [2.24, 2.45) is 5.92 Å². The number of fused-ring (bicyclic) bond motifs is 6. The predicted octanol–water partition coefficient (Wildman–Crippen LogP) is 11.0. The van der Waals surface area contributed by atoms with Gasteiger partial charge in [-0.15, -0.1) is 11.3 Å². The van der Waals surface area contributed by atoms with E-state index < -0.39 is 0 Å². The topological polar surface area (TPSA) is 47.9 Å². The molecule has 5 atom stereocenters. The maximum Gasteiger partial charge on any atom is 0.163 e. The van der Waals surface area contributed by atoms with Gasteiger partial charge in [0, 0.05) is 60.5 Å². The maximum atomic E-state index is 6.64. The number of nitrogens with zero attached hydrogens (tertiary/aromatic N) is 3. The molecule has 4 aliphatic rings. The summed E-state index contributed by atoms with van der Waals surface area (Å²) >= 11 is 1.84. The predicted molar refractivity (Wildman–Crippen MR) is 205 cm³/mol. The first-order chi connectivity index (χ1) is 24.8. The lowest BCUT2D eigenvalue weighted by atomic mass is 9.72. The summed E-state index contributed by atoms with van der Waals surface area (Å²) in [6.07, 6.45) is 25.4. The summed E-state index contributed by atoms with van der Waals surface area (Å²) in [6, 6.07) is 32.2. The summed E-state index contributed by atoms with van der Waals surface area (Å²) in [5.41, 5.74) is 5.96. The molecule has 0 fully saturated rings. The Labute approximate surface area is 295 Å². The molecule has 0 spiro atoms. The van der Waals surface area contributed by atoms with Gasteiger partial charge in [0.15, 0.2) is 11.6 Å². The molecule has 2 aromatic heterocycles. The third-order valence-electron chi connectivity index (χ3n) is 10.5. The van der Waals surface area contributed by atoms with E-state index in [-0.39, 0.29) is 29.8 Å². The quantitative estimate of drug-likeness (QED) is 0.184. The highest BCUT2D eigenvalue weighted by molar-refractivity contribution is 7.25. The zero-order valence-corrected chi connectivity index (χ0v) is 28.1. The normalized spacial score (nSPS) is 23.2. The lowest BCUT2D eigenvalue weighted by Crippen LogP contribution is -2.29. The third-order valence-corrected chi connectivity index (χ3v) is 11.6. The van der Waals surface area contributed by atoms with Crippen molar-refractivity contribution < 1.29 is 4.74 Å². The van der Waals surface area contributed by atoms with E-state index in [2.05, 4.69) is 140 Å². The molecule has 3 heterocycles. The Balaban J connectivity index is 1.05. The van der Waals surface area contributed by atoms with Gasteiger partial charge in [-0.3, -0.25) is 0 Å². The van der Waals surface area contributed by atoms with E-state index in [9.17, 15) is 0 Å². The first-order valence-corrected chi connectivity index (χ1v) is 18.2. The van der Waals surface area contributed by atoms with Gasteiger partial charge >= 0.3 is 0 Å². The monoisotopic (exact) mass is 663 g/mol. The van der Waals surface area contributed by atoms with E-state index >= 15 is 0 Å². The molecule has 4 nitrogen and oxygen atoms in total. The maximum absolute atomic E-state index is 6.64. The molecule has 10 rings (SSSR count). The molecule has 240 valence electrons. The van der Waals surface area contributed by atoms with Crippen LogP contribution >= 0.6 is 11.3 Å². The minimum Gasteiger partial charge on any atom is -0.485 e. The van der Waals surface area contributed by atoms with Crippen LogP contribution in [0.3, 0.4) is 0 Å². The number of hydrogen-bond acceptors (Lipinski definition) is 5. The van der Waals surface area contributed by atoms with Gasteiger partial charge in [0.1, 0.15) is 17.7 Å². The molecule has 0 amide bonds. The molecule has 6 aromatic rings. The van der Waals surface area contributed by atoms with Gasteiger partial charge in [-0.25, -0.2) is 15.0 Å². The number of rotatable bonds is 5. The summed E-state index contributed by atoms with van der Waals surface area (Å²) < 4.78 is 9.16. The molecule has 5 unspecified atom stereocenters. The summed E-state index contributed by atoms with van der Waals surface area (Å²) in [6.45, 7) is 0. The summed E-state index contributed by atoms with van der Waals surface area (Å²) in [5.74, 6) is 3.96. The fourth-order valence-electron chi connectivity index (χ4n) is 8.07. The zero-order chi connectivity index (χ0) is 33.0. The van der Waals surface area contributed by atoms with Gasteiger partial charge in [-0.2, -0.15) is 0 Å². The summed E-state index contributed by atoms with van der Waals surface area (Å²) in [4.78, 5) is 15.0. The van der Waals surface area contributed by atoms with Gasteiger partial charge in [0.2, 0.25) is 0 Å². The van der Waals surface area contributed by atoms with Crippen molar-refractivity contribution in [1.29, 1.82) is 0 Å². The number of para-hydroxylation sites is 1. The Morgan fingerprint density at radius 3 is 2.26 bits per heavy atom. The number of thiophene rings is 1. The molecular weight excluding hydrogens is 631 g/mol. The summed E-state index contributed by atoms with van der Waals surface area (Å²) in [7, 11) is 0. The van der Waals surface area contributed by atoms with E-state index in [1.54, 1.807) is 0 Å². The average Bonchev–Trinajstić information content (AvgIpc) is 3.77. The SMILES string of the molecule is C1=CCC(c2nc(-c3ccccc3)nc(-c3ccc4c(c3)sc3cccc(C5C=CC=CC5C5=CC=CC6c7ccccc7OC56)c34)n2)C=C1. The molecule has 3 aliphatic carbocycles. The molecule has 5 heteroatoms. The van der Waals surface area contributed by atoms with Crippen LogP contribution in [0, 0.1) is 5.92 Å². The van der Waals surface area contributed by atoms with Crippen molar-refractivity contribution >= 4 is 31.5 Å². The molecule has 0 N–H and O–H groups in total. The fourth-order valence-corrected chi connectivity index (χ4v) is 9.25. The molecule has 0 saturated heterocycles.